The minimum atomic E-state index is -0.205. The lowest BCUT2D eigenvalue weighted by molar-refractivity contribution is -0.127. The highest BCUT2D eigenvalue weighted by Gasteiger charge is 2.19. The van der Waals surface area contributed by atoms with Crippen LogP contribution in [0.1, 0.15) is 29.8 Å². The van der Waals surface area contributed by atoms with E-state index < -0.39 is 0 Å². The second-order valence-corrected chi connectivity index (χ2v) is 6.08. The van der Waals surface area contributed by atoms with Gasteiger partial charge in [-0.1, -0.05) is 0 Å². The quantitative estimate of drug-likeness (QED) is 0.807. The lowest BCUT2D eigenvalue weighted by atomic mass is 10.3. The van der Waals surface area contributed by atoms with Crippen LogP contribution in [0.15, 0.2) is 24.0 Å². The van der Waals surface area contributed by atoms with Crippen molar-refractivity contribution < 1.29 is 9.59 Å². The Labute approximate surface area is 137 Å². The van der Waals surface area contributed by atoms with Gasteiger partial charge in [0.15, 0.2) is 0 Å². The first kappa shape index (κ1) is 15.5. The van der Waals surface area contributed by atoms with Crippen molar-refractivity contribution in [2.24, 2.45) is 0 Å². The number of nitrogens with one attached hydrogen (secondary N) is 1. The highest BCUT2D eigenvalue weighted by atomic mass is 32.1. The molecule has 3 heterocycles. The fourth-order valence-electron chi connectivity index (χ4n) is 2.41. The molecule has 1 saturated heterocycles. The van der Waals surface area contributed by atoms with Gasteiger partial charge in [-0.3, -0.25) is 19.6 Å². The predicted octanol–water partition coefficient (Wildman–Crippen LogP) is 1.34. The molecule has 0 spiro atoms. The molecule has 0 atom stereocenters. The number of likely N-dealkylation sites (tertiary alicyclic amines) is 1. The van der Waals surface area contributed by atoms with Gasteiger partial charge in [0, 0.05) is 43.8 Å². The molecule has 2 aromatic heterocycles. The maximum Gasteiger partial charge on any atom is 0.270 e. The maximum atomic E-state index is 12.1. The summed E-state index contributed by atoms with van der Waals surface area (Å²) in [7, 11) is 0. The molecule has 0 aromatic carbocycles. The molecule has 1 fully saturated rings. The van der Waals surface area contributed by atoms with Crippen LogP contribution in [-0.2, 0) is 4.79 Å². The van der Waals surface area contributed by atoms with E-state index in [0.29, 0.717) is 35.9 Å². The van der Waals surface area contributed by atoms with E-state index in [1.807, 2.05) is 4.90 Å². The van der Waals surface area contributed by atoms with Crippen LogP contribution >= 0.6 is 11.3 Å². The molecule has 1 aliphatic rings. The third kappa shape index (κ3) is 3.89. The Kier molecular flexibility index (Phi) is 4.92. The topological polar surface area (TPSA) is 88.1 Å². The third-order valence-electron chi connectivity index (χ3n) is 3.58. The molecule has 1 aliphatic heterocycles. The summed E-state index contributed by atoms with van der Waals surface area (Å²) in [6.45, 7) is 2.06. The van der Waals surface area contributed by atoms with Gasteiger partial charge in [-0.2, -0.15) is 0 Å². The molecular weight excluding hydrogens is 314 g/mol. The Hall–Kier alpha value is -2.35. The molecule has 7 nitrogen and oxygen atoms in total. The Morgan fingerprint density at radius 1 is 1.39 bits per heavy atom. The first-order valence-corrected chi connectivity index (χ1v) is 8.40. The number of hydrogen-bond acceptors (Lipinski definition) is 6. The fourth-order valence-corrected chi connectivity index (χ4v) is 3.17. The molecule has 0 saturated carbocycles. The molecule has 0 bridgehead atoms. The fraction of sp³-hybridized carbons (Fsp3) is 0.400. The zero-order valence-electron chi connectivity index (χ0n) is 12.6. The molecule has 0 aliphatic carbocycles. The van der Waals surface area contributed by atoms with Crippen LogP contribution in [0.3, 0.4) is 0 Å². The normalized spacial score (nSPS) is 14.3. The number of amides is 2. The van der Waals surface area contributed by atoms with Crippen molar-refractivity contribution in [2.75, 3.05) is 19.6 Å². The zero-order chi connectivity index (χ0) is 16.1. The summed E-state index contributed by atoms with van der Waals surface area (Å²) < 4.78 is 0. The molecule has 23 heavy (non-hydrogen) atoms. The maximum absolute atomic E-state index is 12.1. The predicted molar refractivity (Wildman–Crippen MR) is 85.9 cm³/mol. The monoisotopic (exact) mass is 331 g/mol. The van der Waals surface area contributed by atoms with E-state index in [9.17, 15) is 9.59 Å². The number of nitrogens with zero attached hydrogens (tertiary/aromatic N) is 4. The lowest BCUT2D eigenvalue weighted by Crippen LogP contribution is -2.30. The van der Waals surface area contributed by atoms with Gasteiger partial charge >= 0.3 is 0 Å². The molecule has 8 heteroatoms. The number of rotatable bonds is 6. The molecule has 2 aromatic rings. The summed E-state index contributed by atoms with van der Waals surface area (Å²) in [6, 6.07) is 0. The van der Waals surface area contributed by atoms with E-state index in [4.69, 9.17) is 0 Å². The summed E-state index contributed by atoms with van der Waals surface area (Å²) in [4.78, 5) is 37.8. The van der Waals surface area contributed by atoms with E-state index in [0.717, 1.165) is 19.4 Å². The minimum absolute atomic E-state index is 0.205. The number of aromatic nitrogens is 3. The van der Waals surface area contributed by atoms with E-state index >= 15 is 0 Å². The van der Waals surface area contributed by atoms with Crippen LogP contribution in [0.25, 0.3) is 10.7 Å². The first-order chi connectivity index (χ1) is 11.2. The van der Waals surface area contributed by atoms with Crippen LogP contribution in [-0.4, -0.2) is 51.3 Å². The van der Waals surface area contributed by atoms with E-state index in [-0.39, 0.29) is 11.8 Å². The molecule has 2 amide bonds. The average molecular weight is 331 g/mol. The largest absolute Gasteiger partial charge is 0.351 e. The van der Waals surface area contributed by atoms with Gasteiger partial charge in [0.25, 0.3) is 5.91 Å². The van der Waals surface area contributed by atoms with Crippen molar-refractivity contribution in [1.82, 2.24) is 25.2 Å². The average Bonchev–Trinajstić information content (AvgIpc) is 3.22. The number of thiazole rings is 1. The number of carbonyl (C=O) groups is 2. The second kappa shape index (κ2) is 7.28. The number of hydrogen-bond donors (Lipinski definition) is 1. The highest BCUT2D eigenvalue weighted by molar-refractivity contribution is 7.13. The van der Waals surface area contributed by atoms with Gasteiger partial charge in [-0.05, 0) is 12.8 Å². The van der Waals surface area contributed by atoms with Gasteiger partial charge < -0.3 is 10.2 Å². The third-order valence-corrected chi connectivity index (χ3v) is 4.45. The molecule has 0 radical (unpaired) electrons. The molecule has 1 N–H and O–H groups in total. The molecule has 3 rings (SSSR count). The summed E-state index contributed by atoms with van der Waals surface area (Å²) in [5, 5.41) is 5.22. The van der Waals surface area contributed by atoms with Crippen molar-refractivity contribution in [3.05, 3.63) is 29.7 Å². The van der Waals surface area contributed by atoms with Gasteiger partial charge in [-0.25, -0.2) is 4.98 Å². The van der Waals surface area contributed by atoms with Crippen LogP contribution in [0.2, 0.25) is 0 Å². The van der Waals surface area contributed by atoms with Crippen LogP contribution in [0, 0.1) is 0 Å². The van der Waals surface area contributed by atoms with E-state index in [1.165, 1.54) is 11.3 Å². The minimum Gasteiger partial charge on any atom is -0.351 e. The summed E-state index contributed by atoms with van der Waals surface area (Å²) >= 11 is 1.36. The summed E-state index contributed by atoms with van der Waals surface area (Å²) in [6.07, 6.45) is 7.14. The van der Waals surface area contributed by atoms with Crippen molar-refractivity contribution in [3.63, 3.8) is 0 Å². The van der Waals surface area contributed by atoms with Gasteiger partial charge in [-0.15, -0.1) is 11.3 Å². The van der Waals surface area contributed by atoms with Crippen molar-refractivity contribution in [1.29, 1.82) is 0 Å². The standard InChI is InChI=1S/C15H17N5O2S/c21-13-3-1-7-20(13)8-2-4-18-14(22)12-10-23-15(19-12)11-9-16-5-6-17-11/h5-6,9-10H,1-4,7-8H2,(H,18,22). The van der Waals surface area contributed by atoms with Crippen molar-refractivity contribution in [3.8, 4) is 10.7 Å². The second-order valence-electron chi connectivity index (χ2n) is 5.22. The van der Waals surface area contributed by atoms with Gasteiger partial charge in [0.1, 0.15) is 16.4 Å². The Morgan fingerprint density at radius 3 is 3.04 bits per heavy atom. The zero-order valence-corrected chi connectivity index (χ0v) is 13.4. The summed E-state index contributed by atoms with van der Waals surface area (Å²) in [5.41, 5.74) is 1.04. The van der Waals surface area contributed by atoms with Crippen molar-refractivity contribution in [2.45, 2.75) is 19.3 Å². The SMILES string of the molecule is O=C(NCCCN1CCCC1=O)c1csc(-c2cnccn2)n1. The lowest BCUT2D eigenvalue weighted by Gasteiger charge is -2.14. The molecule has 0 unspecified atom stereocenters. The summed E-state index contributed by atoms with van der Waals surface area (Å²) in [5.74, 6) is 0.00794. The highest BCUT2D eigenvalue weighted by Crippen LogP contribution is 2.20. The van der Waals surface area contributed by atoms with Crippen LogP contribution in [0.5, 0.6) is 0 Å². The van der Waals surface area contributed by atoms with Gasteiger partial charge in [0.05, 0.1) is 6.20 Å². The number of carbonyl (C=O) groups excluding carboxylic acids is 2. The van der Waals surface area contributed by atoms with Crippen LogP contribution in [0.4, 0.5) is 0 Å². The van der Waals surface area contributed by atoms with E-state index in [2.05, 4.69) is 20.3 Å². The van der Waals surface area contributed by atoms with Gasteiger partial charge in [0.2, 0.25) is 5.91 Å². The van der Waals surface area contributed by atoms with E-state index in [1.54, 1.807) is 24.0 Å². The first-order valence-electron chi connectivity index (χ1n) is 7.52. The Bertz CT molecular complexity index is 688. The van der Waals surface area contributed by atoms with Crippen LogP contribution < -0.4 is 5.32 Å². The van der Waals surface area contributed by atoms with Crippen molar-refractivity contribution >= 4 is 23.2 Å². The molecular formula is C15H17N5O2S. The Balaban J connectivity index is 1.47. The smallest absolute Gasteiger partial charge is 0.270 e. The molecule has 120 valence electrons. The Morgan fingerprint density at radius 2 is 2.30 bits per heavy atom.